The molecule has 7 heteroatoms. The Morgan fingerprint density at radius 1 is 1.37 bits per heavy atom. The summed E-state index contributed by atoms with van der Waals surface area (Å²) >= 11 is 2.99. The van der Waals surface area contributed by atoms with Crippen LogP contribution in [0.1, 0.15) is 25.8 Å². The third-order valence-corrected chi connectivity index (χ3v) is 2.85. The zero-order valence-electron chi connectivity index (χ0n) is 10.3. The van der Waals surface area contributed by atoms with Gasteiger partial charge in [0.15, 0.2) is 0 Å². The van der Waals surface area contributed by atoms with Crippen molar-refractivity contribution in [1.82, 2.24) is 0 Å². The van der Waals surface area contributed by atoms with E-state index in [0.717, 1.165) is 6.07 Å². The number of hydrogen-bond donors (Lipinski definition) is 2. The van der Waals surface area contributed by atoms with E-state index in [1.54, 1.807) is 0 Å². The number of rotatable bonds is 4. The highest BCUT2D eigenvalue weighted by Crippen LogP contribution is 2.37. The molecule has 0 unspecified atom stereocenters. The zero-order valence-corrected chi connectivity index (χ0v) is 11.9. The van der Waals surface area contributed by atoms with Crippen molar-refractivity contribution >= 4 is 27.6 Å². The minimum absolute atomic E-state index is 0.137. The molecule has 0 aromatic heterocycles. The molecule has 0 aliphatic rings. The first kappa shape index (κ1) is 15.8. The second-order valence-electron chi connectivity index (χ2n) is 4.77. The molecule has 106 valence electrons. The first-order valence-electron chi connectivity index (χ1n) is 5.38. The molecule has 3 nitrogen and oxygen atoms in total. The molecule has 0 spiro atoms. The fourth-order valence-corrected chi connectivity index (χ4v) is 2.01. The molecule has 0 aliphatic heterocycles. The molecule has 0 saturated carbocycles. The molecular formula is C12H13BrF3NO2. The van der Waals surface area contributed by atoms with Crippen molar-refractivity contribution in [3.8, 4) is 0 Å². The fraction of sp³-hybridized carbons (Fsp3) is 0.417. The van der Waals surface area contributed by atoms with Crippen LogP contribution in [0.5, 0.6) is 0 Å². The average molecular weight is 340 g/mol. The lowest BCUT2D eigenvalue weighted by Gasteiger charge is -2.27. The first-order valence-corrected chi connectivity index (χ1v) is 6.17. The molecule has 0 radical (unpaired) electrons. The fourth-order valence-electron chi connectivity index (χ4n) is 1.65. The van der Waals surface area contributed by atoms with Crippen LogP contribution in [0.25, 0.3) is 0 Å². The van der Waals surface area contributed by atoms with Gasteiger partial charge in [-0.15, -0.1) is 0 Å². The lowest BCUT2D eigenvalue weighted by molar-refractivity contribution is -0.138. The van der Waals surface area contributed by atoms with Gasteiger partial charge in [-0.05, 0) is 32.0 Å². The number of alkyl halides is 3. The highest BCUT2D eigenvalue weighted by Gasteiger charge is 2.35. The van der Waals surface area contributed by atoms with Crippen LogP contribution in [0.15, 0.2) is 22.7 Å². The summed E-state index contributed by atoms with van der Waals surface area (Å²) in [4.78, 5) is 10.7. The van der Waals surface area contributed by atoms with Crippen molar-refractivity contribution in [2.75, 3.05) is 5.32 Å². The van der Waals surface area contributed by atoms with Crippen LogP contribution in [0.2, 0.25) is 0 Å². The molecular weight excluding hydrogens is 327 g/mol. The quantitative estimate of drug-likeness (QED) is 0.866. The van der Waals surface area contributed by atoms with Gasteiger partial charge in [0.2, 0.25) is 0 Å². The largest absolute Gasteiger partial charge is 0.481 e. The number of hydrogen-bond acceptors (Lipinski definition) is 2. The van der Waals surface area contributed by atoms with E-state index in [1.807, 2.05) is 0 Å². The van der Waals surface area contributed by atoms with Crippen molar-refractivity contribution in [2.24, 2.45) is 0 Å². The number of benzene rings is 1. The summed E-state index contributed by atoms with van der Waals surface area (Å²) in [5, 5.41) is 11.4. The second kappa shape index (κ2) is 5.40. The number of aliphatic carboxylic acids is 1. The first-order chi connectivity index (χ1) is 8.51. The lowest BCUT2D eigenvalue weighted by atomic mass is 9.99. The van der Waals surface area contributed by atoms with Crippen molar-refractivity contribution in [1.29, 1.82) is 0 Å². The normalized spacial score (nSPS) is 12.3. The van der Waals surface area contributed by atoms with Crippen LogP contribution < -0.4 is 5.32 Å². The standard InChI is InChI=1S/C12H13BrF3NO2/c1-11(2,6-10(18)19)17-9-4-3-7(13)5-8(9)12(14,15)16/h3-5,17H,6H2,1-2H3,(H,18,19). The Balaban J connectivity index is 3.11. The number of anilines is 1. The number of carboxylic acid groups (broad SMARTS) is 1. The zero-order chi connectivity index (χ0) is 14.8. The van der Waals surface area contributed by atoms with Gasteiger partial charge in [0.05, 0.1) is 12.0 Å². The van der Waals surface area contributed by atoms with E-state index in [0.29, 0.717) is 4.47 Å². The van der Waals surface area contributed by atoms with Crippen LogP contribution in [0.4, 0.5) is 18.9 Å². The molecule has 0 fully saturated rings. The molecule has 2 N–H and O–H groups in total. The van der Waals surface area contributed by atoms with Crippen molar-refractivity contribution in [3.05, 3.63) is 28.2 Å². The summed E-state index contributed by atoms with van der Waals surface area (Å²) in [5.74, 6) is -1.08. The van der Waals surface area contributed by atoms with Gasteiger partial charge < -0.3 is 10.4 Å². The van der Waals surface area contributed by atoms with E-state index in [-0.39, 0.29) is 12.1 Å². The second-order valence-corrected chi connectivity index (χ2v) is 5.68. The monoisotopic (exact) mass is 339 g/mol. The van der Waals surface area contributed by atoms with E-state index in [4.69, 9.17) is 5.11 Å². The predicted octanol–water partition coefficient (Wildman–Crippen LogP) is 4.13. The predicted molar refractivity (Wildman–Crippen MR) is 69.1 cm³/mol. The molecule has 19 heavy (non-hydrogen) atoms. The molecule has 0 aliphatic carbocycles. The number of carbonyl (C=O) groups is 1. The van der Waals surface area contributed by atoms with E-state index >= 15 is 0 Å². The molecule has 0 amide bonds. The van der Waals surface area contributed by atoms with E-state index in [2.05, 4.69) is 21.2 Å². The van der Waals surface area contributed by atoms with Gasteiger partial charge in [0.25, 0.3) is 0 Å². The summed E-state index contributed by atoms with van der Waals surface area (Å²) in [5.41, 5.74) is -1.96. The van der Waals surface area contributed by atoms with Gasteiger partial charge in [-0.3, -0.25) is 4.79 Å². The van der Waals surface area contributed by atoms with Crippen molar-refractivity contribution < 1.29 is 23.1 Å². The summed E-state index contributed by atoms with van der Waals surface area (Å²) < 4.78 is 39.0. The Bertz CT molecular complexity index is 486. The maximum absolute atomic E-state index is 12.9. The van der Waals surface area contributed by atoms with E-state index in [1.165, 1.54) is 26.0 Å². The summed E-state index contributed by atoms with van der Waals surface area (Å²) in [6.45, 7) is 3.06. The van der Waals surface area contributed by atoms with Gasteiger partial charge in [-0.25, -0.2) is 0 Å². The van der Waals surface area contributed by atoms with Gasteiger partial charge >= 0.3 is 12.1 Å². The SMILES string of the molecule is CC(C)(CC(=O)O)Nc1ccc(Br)cc1C(F)(F)F. The van der Waals surface area contributed by atoms with Gasteiger partial charge in [0, 0.05) is 15.7 Å². The highest BCUT2D eigenvalue weighted by molar-refractivity contribution is 9.10. The minimum Gasteiger partial charge on any atom is -0.481 e. The van der Waals surface area contributed by atoms with E-state index in [9.17, 15) is 18.0 Å². The molecule has 0 heterocycles. The molecule has 0 atom stereocenters. The number of nitrogens with one attached hydrogen (secondary N) is 1. The van der Waals surface area contributed by atoms with Gasteiger partial charge in [-0.2, -0.15) is 13.2 Å². The van der Waals surface area contributed by atoms with Crippen molar-refractivity contribution in [2.45, 2.75) is 32.0 Å². The third-order valence-electron chi connectivity index (χ3n) is 2.35. The van der Waals surface area contributed by atoms with E-state index < -0.39 is 23.2 Å². The highest BCUT2D eigenvalue weighted by atomic mass is 79.9. The number of halogens is 4. The van der Waals surface area contributed by atoms with Crippen LogP contribution in [-0.2, 0) is 11.0 Å². The summed E-state index contributed by atoms with van der Waals surface area (Å²) in [6, 6.07) is 3.70. The Kier molecular flexibility index (Phi) is 4.50. The molecule has 0 bridgehead atoms. The van der Waals surface area contributed by atoms with Crippen LogP contribution in [-0.4, -0.2) is 16.6 Å². The maximum Gasteiger partial charge on any atom is 0.418 e. The van der Waals surface area contributed by atoms with Crippen LogP contribution in [0, 0.1) is 0 Å². The van der Waals surface area contributed by atoms with Gasteiger partial charge in [-0.1, -0.05) is 15.9 Å². The Morgan fingerprint density at radius 3 is 2.42 bits per heavy atom. The van der Waals surface area contributed by atoms with Crippen LogP contribution >= 0.6 is 15.9 Å². The van der Waals surface area contributed by atoms with Crippen molar-refractivity contribution in [3.63, 3.8) is 0 Å². The number of carboxylic acids is 1. The third kappa shape index (κ3) is 4.74. The lowest BCUT2D eigenvalue weighted by Crippen LogP contribution is -2.34. The molecule has 0 saturated heterocycles. The maximum atomic E-state index is 12.9. The Labute approximate surface area is 116 Å². The summed E-state index contributed by atoms with van der Waals surface area (Å²) in [6.07, 6.45) is -4.80. The summed E-state index contributed by atoms with van der Waals surface area (Å²) in [7, 11) is 0. The molecule has 1 aromatic rings. The molecule has 1 rings (SSSR count). The van der Waals surface area contributed by atoms with Crippen LogP contribution in [0.3, 0.4) is 0 Å². The van der Waals surface area contributed by atoms with Gasteiger partial charge in [0.1, 0.15) is 0 Å². The minimum atomic E-state index is -4.51. The topological polar surface area (TPSA) is 49.3 Å². The Hall–Kier alpha value is -1.24. The Morgan fingerprint density at radius 2 is 1.95 bits per heavy atom. The smallest absolute Gasteiger partial charge is 0.418 e. The average Bonchev–Trinajstić information content (AvgIpc) is 2.16. The molecule has 1 aromatic carbocycles.